The maximum atomic E-state index is 10.1. The SMILES string of the molecule is CC(=O)OCCOC(C)=O.c1ccccc1. The lowest BCUT2D eigenvalue weighted by Gasteiger charge is -2.00. The second kappa shape index (κ2) is 9.71. The molecule has 0 aliphatic heterocycles. The van der Waals surface area contributed by atoms with E-state index in [9.17, 15) is 9.59 Å². The highest BCUT2D eigenvalue weighted by molar-refractivity contribution is 5.66. The van der Waals surface area contributed by atoms with Crippen molar-refractivity contribution in [3.63, 3.8) is 0 Å². The molecule has 0 aliphatic carbocycles. The highest BCUT2D eigenvalue weighted by Crippen LogP contribution is 1.80. The van der Waals surface area contributed by atoms with Crippen molar-refractivity contribution in [2.75, 3.05) is 13.2 Å². The maximum absolute atomic E-state index is 10.1. The van der Waals surface area contributed by atoms with E-state index in [1.165, 1.54) is 13.8 Å². The van der Waals surface area contributed by atoms with Crippen LogP contribution in [0, 0.1) is 0 Å². The zero-order chi connectivity index (χ0) is 12.2. The summed E-state index contributed by atoms with van der Waals surface area (Å²) in [5, 5.41) is 0. The van der Waals surface area contributed by atoms with Crippen molar-refractivity contribution in [1.82, 2.24) is 0 Å². The predicted octanol–water partition coefficient (Wildman–Crippen LogP) is 1.80. The van der Waals surface area contributed by atoms with Crippen LogP contribution in [0.15, 0.2) is 36.4 Å². The van der Waals surface area contributed by atoms with E-state index in [2.05, 4.69) is 9.47 Å². The van der Waals surface area contributed by atoms with Gasteiger partial charge in [-0.15, -0.1) is 0 Å². The minimum atomic E-state index is -0.368. The summed E-state index contributed by atoms with van der Waals surface area (Å²) in [4.78, 5) is 20.3. The summed E-state index contributed by atoms with van der Waals surface area (Å²) in [7, 11) is 0. The van der Waals surface area contributed by atoms with Gasteiger partial charge in [0.15, 0.2) is 0 Å². The summed E-state index contributed by atoms with van der Waals surface area (Å²) in [6, 6.07) is 12.0. The number of esters is 2. The second-order valence-electron chi connectivity index (χ2n) is 2.83. The summed E-state index contributed by atoms with van der Waals surface area (Å²) in [6.45, 7) is 2.87. The Morgan fingerprint density at radius 3 is 1.19 bits per heavy atom. The van der Waals surface area contributed by atoms with E-state index >= 15 is 0 Å². The minimum Gasteiger partial charge on any atom is -0.462 e. The molecule has 0 heterocycles. The van der Waals surface area contributed by atoms with Crippen LogP contribution >= 0.6 is 0 Å². The number of benzene rings is 1. The standard InChI is InChI=1S/C6H10O4.C6H6/c1-5(7)9-3-4-10-6(2)8;1-2-4-6-5-3-1/h3-4H2,1-2H3;1-6H. The molecule has 0 aromatic heterocycles. The van der Waals surface area contributed by atoms with Gasteiger partial charge >= 0.3 is 11.9 Å². The largest absolute Gasteiger partial charge is 0.462 e. The van der Waals surface area contributed by atoms with E-state index in [1.54, 1.807) is 0 Å². The number of carbonyl (C=O) groups excluding carboxylic acids is 2. The van der Waals surface area contributed by atoms with Crippen molar-refractivity contribution in [1.29, 1.82) is 0 Å². The van der Waals surface area contributed by atoms with Gasteiger partial charge in [-0.25, -0.2) is 0 Å². The topological polar surface area (TPSA) is 52.6 Å². The summed E-state index contributed by atoms with van der Waals surface area (Å²) < 4.78 is 8.95. The molecule has 4 nitrogen and oxygen atoms in total. The molecule has 0 saturated carbocycles. The van der Waals surface area contributed by atoms with E-state index in [4.69, 9.17) is 0 Å². The van der Waals surface area contributed by atoms with E-state index in [0.717, 1.165) is 0 Å². The van der Waals surface area contributed by atoms with Crippen molar-refractivity contribution >= 4 is 11.9 Å². The van der Waals surface area contributed by atoms with Crippen LogP contribution in [0.25, 0.3) is 0 Å². The van der Waals surface area contributed by atoms with Crippen molar-refractivity contribution in [3.05, 3.63) is 36.4 Å². The first-order chi connectivity index (χ1) is 7.63. The molecular weight excluding hydrogens is 208 g/mol. The van der Waals surface area contributed by atoms with Crippen LogP contribution in [0.5, 0.6) is 0 Å². The van der Waals surface area contributed by atoms with Crippen LogP contribution in [0.2, 0.25) is 0 Å². The molecular formula is C12H16O4. The van der Waals surface area contributed by atoms with E-state index in [0.29, 0.717) is 0 Å². The van der Waals surface area contributed by atoms with Gasteiger partial charge in [-0.1, -0.05) is 36.4 Å². The molecule has 0 radical (unpaired) electrons. The number of hydrogen-bond donors (Lipinski definition) is 0. The van der Waals surface area contributed by atoms with Gasteiger partial charge in [0.05, 0.1) is 0 Å². The highest BCUT2D eigenvalue weighted by atomic mass is 16.6. The maximum Gasteiger partial charge on any atom is 0.302 e. The first kappa shape index (κ1) is 14.2. The molecule has 0 spiro atoms. The Kier molecular flexibility index (Phi) is 8.59. The van der Waals surface area contributed by atoms with Crippen molar-refractivity contribution < 1.29 is 19.1 Å². The van der Waals surface area contributed by atoms with Crippen LogP contribution in [-0.2, 0) is 19.1 Å². The van der Waals surface area contributed by atoms with Crippen LogP contribution in [-0.4, -0.2) is 25.2 Å². The van der Waals surface area contributed by atoms with Crippen molar-refractivity contribution in [3.8, 4) is 0 Å². The van der Waals surface area contributed by atoms with Gasteiger partial charge in [0.25, 0.3) is 0 Å². The van der Waals surface area contributed by atoms with Crippen molar-refractivity contribution in [2.45, 2.75) is 13.8 Å². The molecule has 0 saturated heterocycles. The Morgan fingerprint density at radius 1 is 0.750 bits per heavy atom. The Hall–Kier alpha value is -1.84. The number of carbonyl (C=O) groups is 2. The van der Waals surface area contributed by atoms with Gasteiger partial charge in [-0.05, 0) is 0 Å². The fourth-order valence-corrected chi connectivity index (χ4v) is 0.756. The monoisotopic (exact) mass is 224 g/mol. The fourth-order valence-electron chi connectivity index (χ4n) is 0.756. The third kappa shape index (κ3) is 12.2. The summed E-state index contributed by atoms with van der Waals surface area (Å²) in [6.07, 6.45) is 0. The minimum absolute atomic E-state index is 0.134. The van der Waals surface area contributed by atoms with Crippen molar-refractivity contribution in [2.24, 2.45) is 0 Å². The van der Waals surface area contributed by atoms with Crippen LogP contribution in [0.1, 0.15) is 13.8 Å². The van der Waals surface area contributed by atoms with Crippen LogP contribution < -0.4 is 0 Å². The quantitative estimate of drug-likeness (QED) is 0.580. The van der Waals surface area contributed by atoms with Gasteiger partial charge in [-0.2, -0.15) is 0 Å². The van der Waals surface area contributed by atoms with Gasteiger partial charge in [0, 0.05) is 13.8 Å². The van der Waals surface area contributed by atoms with E-state index in [1.807, 2.05) is 36.4 Å². The molecule has 0 N–H and O–H groups in total. The Morgan fingerprint density at radius 2 is 1.00 bits per heavy atom. The molecule has 88 valence electrons. The van der Waals surface area contributed by atoms with Gasteiger partial charge < -0.3 is 9.47 Å². The lowest BCUT2D eigenvalue weighted by atomic mass is 10.4. The van der Waals surface area contributed by atoms with Crippen LogP contribution in [0.3, 0.4) is 0 Å². The Labute approximate surface area is 95.2 Å². The van der Waals surface area contributed by atoms with E-state index in [-0.39, 0.29) is 25.2 Å². The number of rotatable bonds is 3. The predicted molar refractivity (Wildman–Crippen MR) is 59.7 cm³/mol. The third-order valence-electron chi connectivity index (χ3n) is 1.36. The average molecular weight is 224 g/mol. The zero-order valence-electron chi connectivity index (χ0n) is 9.51. The van der Waals surface area contributed by atoms with Gasteiger partial charge in [0.1, 0.15) is 13.2 Å². The molecule has 0 amide bonds. The normalized spacial score (nSPS) is 8.38. The van der Waals surface area contributed by atoms with Gasteiger partial charge in [0.2, 0.25) is 0 Å². The molecule has 0 fully saturated rings. The summed E-state index contributed by atoms with van der Waals surface area (Å²) in [5.41, 5.74) is 0. The fraction of sp³-hybridized carbons (Fsp3) is 0.333. The van der Waals surface area contributed by atoms with E-state index < -0.39 is 0 Å². The Bertz CT molecular complexity index is 252. The van der Waals surface area contributed by atoms with Crippen LogP contribution in [0.4, 0.5) is 0 Å². The number of ether oxygens (including phenoxy) is 2. The molecule has 1 rings (SSSR count). The molecule has 0 bridgehead atoms. The first-order valence-electron chi connectivity index (χ1n) is 4.89. The lowest BCUT2D eigenvalue weighted by Crippen LogP contribution is -2.09. The molecule has 16 heavy (non-hydrogen) atoms. The van der Waals surface area contributed by atoms with Gasteiger partial charge in [-0.3, -0.25) is 9.59 Å². The smallest absolute Gasteiger partial charge is 0.302 e. The lowest BCUT2D eigenvalue weighted by molar-refractivity contribution is -0.149. The molecule has 1 aromatic carbocycles. The summed E-state index contributed by atoms with van der Waals surface area (Å²) >= 11 is 0. The number of hydrogen-bond acceptors (Lipinski definition) is 4. The first-order valence-corrected chi connectivity index (χ1v) is 4.89. The molecule has 0 aliphatic rings. The molecule has 0 atom stereocenters. The average Bonchev–Trinajstić information content (AvgIpc) is 2.27. The molecule has 1 aromatic rings. The third-order valence-corrected chi connectivity index (χ3v) is 1.36. The zero-order valence-corrected chi connectivity index (χ0v) is 9.51. The highest BCUT2D eigenvalue weighted by Gasteiger charge is 1.94. The summed E-state index contributed by atoms with van der Waals surface area (Å²) in [5.74, 6) is -0.737. The second-order valence-corrected chi connectivity index (χ2v) is 2.83. The Balaban J connectivity index is 0.000000315. The molecule has 4 heteroatoms. The molecule has 0 unspecified atom stereocenters.